The predicted octanol–water partition coefficient (Wildman–Crippen LogP) is 2.20. The average molecular weight is 307 g/mol. The zero-order chi connectivity index (χ0) is 15.4. The lowest BCUT2D eigenvalue weighted by Gasteiger charge is -2.15. The number of hydrogen-bond acceptors (Lipinski definition) is 5. The van der Waals surface area contributed by atoms with E-state index in [1.165, 1.54) is 22.1 Å². The van der Waals surface area contributed by atoms with Crippen LogP contribution in [0, 0.1) is 5.92 Å². The van der Waals surface area contributed by atoms with Crippen LogP contribution in [0.15, 0.2) is 34.7 Å². The molecule has 0 saturated carbocycles. The van der Waals surface area contributed by atoms with Crippen LogP contribution in [0.25, 0.3) is 0 Å². The zero-order valence-corrected chi connectivity index (χ0v) is 12.6. The topological polar surface area (TPSA) is 84.2 Å². The van der Waals surface area contributed by atoms with E-state index < -0.39 is 12.0 Å². The highest BCUT2D eigenvalue weighted by molar-refractivity contribution is 7.10. The van der Waals surface area contributed by atoms with Crippen molar-refractivity contribution >= 4 is 23.1 Å². The molecule has 0 spiro atoms. The SMILES string of the molecule is CC(C)Cn1ccnc(NC(C(=O)O)c2cccs2)c1=O. The van der Waals surface area contributed by atoms with Gasteiger partial charge in [0.2, 0.25) is 0 Å². The Balaban J connectivity index is 2.30. The fourth-order valence-corrected chi connectivity index (χ4v) is 2.70. The molecule has 1 atom stereocenters. The fourth-order valence-electron chi connectivity index (χ4n) is 1.93. The minimum absolute atomic E-state index is 0.0546. The number of rotatable bonds is 6. The molecule has 2 aromatic rings. The zero-order valence-electron chi connectivity index (χ0n) is 11.8. The van der Waals surface area contributed by atoms with E-state index in [1.807, 2.05) is 13.8 Å². The monoisotopic (exact) mass is 307 g/mol. The van der Waals surface area contributed by atoms with Crippen molar-refractivity contribution in [3.05, 3.63) is 45.1 Å². The fraction of sp³-hybridized carbons (Fsp3) is 0.357. The van der Waals surface area contributed by atoms with Crippen molar-refractivity contribution in [3.8, 4) is 0 Å². The largest absolute Gasteiger partial charge is 0.479 e. The normalized spacial score (nSPS) is 12.3. The van der Waals surface area contributed by atoms with Crippen molar-refractivity contribution in [2.75, 3.05) is 5.32 Å². The first-order valence-electron chi connectivity index (χ1n) is 6.57. The molecule has 0 radical (unpaired) electrons. The first-order chi connectivity index (χ1) is 9.99. The second-order valence-electron chi connectivity index (χ2n) is 5.06. The number of carboxylic acids is 1. The Labute approximate surface area is 126 Å². The van der Waals surface area contributed by atoms with Gasteiger partial charge in [-0.1, -0.05) is 19.9 Å². The van der Waals surface area contributed by atoms with Crippen molar-refractivity contribution in [1.82, 2.24) is 9.55 Å². The molecule has 6 nitrogen and oxygen atoms in total. The van der Waals surface area contributed by atoms with Gasteiger partial charge in [-0.2, -0.15) is 0 Å². The lowest BCUT2D eigenvalue weighted by atomic mass is 10.2. The van der Waals surface area contributed by atoms with Crippen molar-refractivity contribution in [2.45, 2.75) is 26.4 Å². The number of hydrogen-bond donors (Lipinski definition) is 2. The van der Waals surface area contributed by atoms with Crippen molar-refractivity contribution in [2.24, 2.45) is 5.92 Å². The number of nitrogens with one attached hydrogen (secondary N) is 1. The first kappa shape index (κ1) is 15.2. The molecule has 2 heterocycles. The van der Waals surface area contributed by atoms with Gasteiger partial charge in [0.15, 0.2) is 11.9 Å². The molecule has 7 heteroatoms. The smallest absolute Gasteiger partial charge is 0.331 e. The third-order valence-electron chi connectivity index (χ3n) is 2.83. The minimum atomic E-state index is -1.04. The third-order valence-corrected chi connectivity index (χ3v) is 3.77. The van der Waals surface area contributed by atoms with Crippen molar-refractivity contribution in [3.63, 3.8) is 0 Å². The Morgan fingerprint density at radius 1 is 1.52 bits per heavy atom. The van der Waals surface area contributed by atoms with Gasteiger partial charge >= 0.3 is 5.97 Å². The molecule has 0 aliphatic rings. The average Bonchev–Trinajstić information content (AvgIpc) is 2.92. The van der Waals surface area contributed by atoms with Crippen molar-refractivity contribution < 1.29 is 9.90 Å². The summed E-state index contributed by atoms with van der Waals surface area (Å²) in [4.78, 5) is 28.3. The molecule has 0 aromatic carbocycles. The predicted molar refractivity (Wildman–Crippen MR) is 81.7 cm³/mol. The van der Waals surface area contributed by atoms with E-state index in [9.17, 15) is 14.7 Å². The van der Waals surface area contributed by atoms with Gasteiger partial charge in [-0.25, -0.2) is 9.78 Å². The van der Waals surface area contributed by atoms with E-state index >= 15 is 0 Å². The Morgan fingerprint density at radius 2 is 2.29 bits per heavy atom. The van der Waals surface area contributed by atoms with E-state index in [4.69, 9.17) is 0 Å². The molecule has 0 bridgehead atoms. The van der Waals surface area contributed by atoms with Gasteiger partial charge in [0.1, 0.15) is 0 Å². The van der Waals surface area contributed by atoms with Gasteiger partial charge in [0, 0.05) is 23.8 Å². The van der Waals surface area contributed by atoms with Crippen LogP contribution in [0.4, 0.5) is 5.82 Å². The van der Waals surface area contributed by atoms with Crippen LogP contribution in [0.1, 0.15) is 24.8 Å². The molecule has 2 rings (SSSR count). The Bertz CT molecular complexity index is 664. The standard InChI is InChI=1S/C14H17N3O3S/c1-9(2)8-17-6-5-15-12(13(17)18)16-11(14(19)20)10-4-3-7-21-10/h3-7,9,11H,8H2,1-2H3,(H,15,16)(H,19,20). The molecule has 0 aliphatic heterocycles. The molecular formula is C14H17N3O3S. The summed E-state index contributed by atoms with van der Waals surface area (Å²) in [6.07, 6.45) is 3.11. The van der Waals surface area contributed by atoms with Gasteiger partial charge < -0.3 is 15.0 Å². The maximum absolute atomic E-state index is 12.3. The van der Waals surface area contributed by atoms with Crippen LogP contribution in [0.2, 0.25) is 0 Å². The van der Waals surface area contributed by atoms with Gasteiger partial charge in [-0.15, -0.1) is 11.3 Å². The summed E-state index contributed by atoms with van der Waals surface area (Å²) in [5.41, 5.74) is -0.311. The number of anilines is 1. The molecule has 0 fully saturated rings. The third kappa shape index (κ3) is 3.69. The van der Waals surface area contributed by atoms with E-state index in [0.717, 1.165) is 0 Å². The number of aliphatic carboxylic acids is 1. The lowest BCUT2D eigenvalue weighted by Crippen LogP contribution is -2.29. The second-order valence-corrected chi connectivity index (χ2v) is 6.04. The quantitative estimate of drug-likeness (QED) is 0.854. The first-order valence-corrected chi connectivity index (χ1v) is 7.45. The van der Waals surface area contributed by atoms with E-state index in [0.29, 0.717) is 17.3 Å². The van der Waals surface area contributed by atoms with Crippen LogP contribution in [0.3, 0.4) is 0 Å². The molecule has 2 aromatic heterocycles. The molecule has 1 unspecified atom stereocenters. The second kappa shape index (κ2) is 6.53. The molecule has 21 heavy (non-hydrogen) atoms. The highest BCUT2D eigenvalue weighted by Crippen LogP contribution is 2.21. The van der Waals surface area contributed by atoms with E-state index in [2.05, 4.69) is 10.3 Å². The molecule has 2 N–H and O–H groups in total. The summed E-state index contributed by atoms with van der Waals surface area (Å²) in [5, 5.41) is 13.8. The molecule has 0 saturated heterocycles. The van der Waals surface area contributed by atoms with Crippen LogP contribution in [-0.4, -0.2) is 20.6 Å². The van der Waals surface area contributed by atoms with Crippen LogP contribution >= 0.6 is 11.3 Å². The number of nitrogens with zero attached hydrogens (tertiary/aromatic N) is 2. The molecule has 0 amide bonds. The van der Waals surface area contributed by atoms with Gasteiger partial charge in [-0.3, -0.25) is 4.79 Å². The highest BCUT2D eigenvalue weighted by atomic mass is 32.1. The molecule has 112 valence electrons. The van der Waals surface area contributed by atoms with Crippen LogP contribution in [-0.2, 0) is 11.3 Å². The molecule has 0 aliphatic carbocycles. The summed E-state index contributed by atoms with van der Waals surface area (Å²) in [6.45, 7) is 4.57. The Morgan fingerprint density at radius 3 is 2.86 bits per heavy atom. The Hall–Kier alpha value is -2.15. The van der Waals surface area contributed by atoms with Crippen LogP contribution in [0.5, 0.6) is 0 Å². The van der Waals surface area contributed by atoms with Crippen LogP contribution < -0.4 is 10.9 Å². The number of carboxylic acid groups (broad SMARTS) is 1. The summed E-state index contributed by atoms with van der Waals surface area (Å²) in [6, 6.07) is 2.51. The summed E-state index contributed by atoms with van der Waals surface area (Å²) >= 11 is 1.32. The van der Waals surface area contributed by atoms with Gasteiger partial charge in [0.25, 0.3) is 5.56 Å². The van der Waals surface area contributed by atoms with Crippen molar-refractivity contribution in [1.29, 1.82) is 0 Å². The lowest BCUT2D eigenvalue weighted by molar-refractivity contribution is -0.138. The Kier molecular flexibility index (Phi) is 4.74. The summed E-state index contributed by atoms with van der Waals surface area (Å²) in [7, 11) is 0. The number of carbonyl (C=O) groups is 1. The van der Waals surface area contributed by atoms with E-state index in [1.54, 1.807) is 23.7 Å². The highest BCUT2D eigenvalue weighted by Gasteiger charge is 2.22. The number of aromatic nitrogens is 2. The van der Waals surface area contributed by atoms with Gasteiger partial charge in [-0.05, 0) is 17.4 Å². The van der Waals surface area contributed by atoms with E-state index in [-0.39, 0.29) is 11.4 Å². The molecular weight excluding hydrogens is 290 g/mol. The number of thiophene rings is 1. The maximum atomic E-state index is 12.3. The summed E-state index contributed by atoms with van der Waals surface area (Å²) < 4.78 is 1.54. The summed E-state index contributed by atoms with van der Waals surface area (Å²) in [5.74, 6) is -0.678. The van der Waals surface area contributed by atoms with Gasteiger partial charge in [0.05, 0.1) is 0 Å². The minimum Gasteiger partial charge on any atom is -0.479 e. The maximum Gasteiger partial charge on any atom is 0.331 e.